The summed E-state index contributed by atoms with van der Waals surface area (Å²) in [6.45, 7) is 2.30. The molecule has 1 aromatic heterocycles. The summed E-state index contributed by atoms with van der Waals surface area (Å²) in [4.78, 5) is 16.2. The predicted octanol–water partition coefficient (Wildman–Crippen LogP) is 1.34. The van der Waals surface area contributed by atoms with Crippen LogP contribution >= 0.6 is 0 Å². The van der Waals surface area contributed by atoms with Gasteiger partial charge in [0.1, 0.15) is 0 Å². The second kappa shape index (κ2) is 6.00. The molecule has 18 heavy (non-hydrogen) atoms. The van der Waals surface area contributed by atoms with Gasteiger partial charge in [-0.1, -0.05) is 6.07 Å². The van der Waals surface area contributed by atoms with Crippen LogP contribution in [-0.2, 0) is 6.54 Å². The van der Waals surface area contributed by atoms with E-state index in [2.05, 4.69) is 10.3 Å². The van der Waals surface area contributed by atoms with Crippen LogP contribution < -0.4 is 5.32 Å². The monoisotopic (exact) mass is 248 g/mol. The first-order valence-corrected chi connectivity index (χ1v) is 5.99. The Morgan fingerprint density at radius 1 is 1.56 bits per heavy atom. The summed E-state index contributed by atoms with van der Waals surface area (Å²) in [7, 11) is 0. The number of pyridine rings is 1. The molecule has 2 heterocycles. The third kappa shape index (κ3) is 3.44. The highest BCUT2D eigenvalue weighted by Gasteiger charge is 2.17. The molecule has 0 aliphatic carbocycles. The van der Waals surface area contributed by atoms with Crippen LogP contribution in [0.2, 0.25) is 0 Å². The van der Waals surface area contributed by atoms with Crippen LogP contribution in [0.5, 0.6) is 0 Å². The first-order chi connectivity index (χ1) is 8.75. The Bertz CT molecular complexity index is 427. The summed E-state index contributed by atoms with van der Waals surface area (Å²) >= 11 is 0. The van der Waals surface area contributed by atoms with E-state index in [4.69, 9.17) is 0 Å². The molecule has 0 bridgehead atoms. The van der Waals surface area contributed by atoms with Gasteiger partial charge >= 0.3 is 0 Å². The molecule has 2 rings (SSSR count). The van der Waals surface area contributed by atoms with Gasteiger partial charge in [0.25, 0.3) is 6.20 Å². The molecule has 0 unspecified atom stereocenters. The van der Waals surface area contributed by atoms with Gasteiger partial charge in [-0.2, -0.15) is 0 Å². The fourth-order valence-corrected chi connectivity index (χ4v) is 1.99. The molecule has 0 saturated carbocycles. The average molecular weight is 248 g/mol. The molecule has 0 aromatic carbocycles. The van der Waals surface area contributed by atoms with E-state index in [0.29, 0.717) is 12.4 Å². The summed E-state index contributed by atoms with van der Waals surface area (Å²) in [5.74, 6) is 0.585. The Morgan fingerprint density at radius 3 is 2.94 bits per heavy atom. The van der Waals surface area contributed by atoms with E-state index in [-0.39, 0.29) is 0 Å². The number of aromatic nitrogens is 1. The fraction of sp³-hybridized carbons (Fsp3) is 0.417. The number of likely N-dealkylation sites (tertiary alicyclic amines) is 1. The van der Waals surface area contributed by atoms with Crippen molar-refractivity contribution in [1.82, 2.24) is 15.2 Å². The average Bonchev–Trinajstić information content (AvgIpc) is 2.89. The van der Waals surface area contributed by atoms with Crippen molar-refractivity contribution in [3.05, 3.63) is 52.2 Å². The van der Waals surface area contributed by atoms with Gasteiger partial charge in [-0.3, -0.25) is 15.1 Å². The van der Waals surface area contributed by atoms with Crippen LogP contribution in [0.15, 0.2) is 36.5 Å². The van der Waals surface area contributed by atoms with E-state index < -0.39 is 4.92 Å². The van der Waals surface area contributed by atoms with Crippen molar-refractivity contribution in [1.29, 1.82) is 0 Å². The fourth-order valence-electron chi connectivity index (χ4n) is 1.99. The molecule has 6 nitrogen and oxygen atoms in total. The molecule has 6 heteroatoms. The zero-order valence-electron chi connectivity index (χ0n) is 10.1. The molecule has 0 radical (unpaired) electrons. The molecule has 0 amide bonds. The second-order valence-corrected chi connectivity index (χ2v) is 4.21. The minimum Gasteiger partial charge on any atom is -0.362 e. The van der Waals surface area contributed by atoms with E-state index >= 15 is 0 Å². The maximum Gasteiger partial charge on any atom is 0.274 e. The number of rotatable bonds is 5. The van der Waals surface area contributed by atoms with Crippen LogP contribution in [0.3, 0.4) is 0 Å². The highest BCUT2D eigenvalue weighted by Crippen LogP contribution is 2.13. The minimum atomic E-state index is -0.413. The zero-order valence-corrected chi connectivity index (χ0v) is 10.1. The molecule has 0 atom stereocenters. The topological polar surface area (TPSA) is 71.3 Å². The van der Waals surface area contributed by atoms with Crippen molar-refractivity contribution < 1.29 is 4.92 Å². The van der Waals surface area contributed by atoms with Gasteiger partial charge in [0.05, 0.1) is 4.92 Å². The minimum absolute atomic E-state index is 0.413. The lowest BCUT2D eigenvalue weighted by molar-refractivity contribution is -0.404. The number of nitrogens with zero attached hydrogens (tertiary/aromatic N) is 3. The van der Waals surface area contributed by atoms with Crippen molar-refractivity contribution in [3.8, 4) is 0 Å². The molecule has 96 valence electrons. The Kier molecular flexibility index (Phi) is 4.11. The maximum absolute atomic E-state index is 10.6. The highest BCUT2D eigenvalue weighted by molar-refractivity contribution is 5.10. The molecule has 1 saturated heterocycles. The highest BCUT2D eigenvalue weighted by atomic mass is 16.6. The van der Waals surface area contributed by atoms with Crippen molar-refractivity contribution in [3.63, 3.8) is 0 Å². The van der Waals surface area contributed by atoms with Gasteiger partial charge in [0, 0.05) is 32.0 Å². The Labute approximate surface area is 105 Å². The summed E-state index contributed by atoms with van der Waals surface area (Å²) in [6, 6.07) is 3.79. The molecule has 1 fully saturated rings. The van der Waals surface area contributed by atoms with Gasteiger partial charge in [0.2, 0.25) is 0 Å². The van der Waals surface area contributed by atoms with E-state index in [0.717, 1.165) is 37.7 Å². The van der Waals surface area contributed by atoms with E-state index in [1.165, 1.54) is 0 Å². The molecule has 1 N–H and O–H groups in total. The summed E-state index contributed by atoms with van der Waals surface area (Å²) < 4.78 is 0. The molecule has 0 spiro atoms. The van der Waals surface area contributed by atoms with E-state index in [9.17, 15) is 10.1 Å². The summed E-state index contributed by atoms with van der Waals surface area (Å²) in [6.07, 6.45) is 6.67. The third-order valence-corrected chi connectivity index (χ3v) is 2.87. The first kappa shape index (κ1) is 12.3. The van der Waals surface area contributed by atoms with Crippen molar-refractivity contribution >= 4 is 0 Å². The van der Waals surface area contributed by atoms with E-state index in [1.807, 2.05) is 17.0 Å². The van der Waals surface area contributed by atoms with Gasteiger partial charge in [-0.15, -0.1) is 0 Å². The van der Waals surface area contributed by atoms with Gasteiger partial charge in [-0.05, 0) is 24.5 Å². The van der Waals surface area contributed by atoms with Crippen molar-refractivity contribution in [2.24, 2.45) is 0 Å². The first-order valence-electron chi connectivity index (χ1n) is 5.99. The van der Waals surface area contributed by atoms with Crippen molar-refractivity contribution in [2.75, 3.05) is 13.1 Å². The van der Waals surface area contributed by atoms with Gasteiger partial charge in [-0.25, -0.2) is 0 Å². The predicted molar refractivity (Wildman–Crippen MR) is 67.0 cm³/mol. The molecule has 1 aliphatic rings. The molecule has 1 aliphatic heterocycles. The lowest BCUT2D eigenvalue weighted by Crippen LogP contribution is -2.30. The molecule has 1 aromatic rings. The lowest BCUT2D eigenvalue weighted by Gasteiger charge is -2.20. The van der Waals surface area contributed by atoms with Crippen molar-refractivity contribution in [2.45, 2.75) is 19.4 Å². The third-order valence-electron chi connectivity index (χ3n) is 2.87. The number of nitrogens with one attached hydrogen (secondary N) is 1. The molecular formula is C12H16N4O2. The van der Waals surface area contributed by atoms with Crippen LogP contribution in [0.1, 0.15) is 18.4 Å². The quantitative estimate of drug-likeness (QED) is 0.629. The molecular weight excluding hydrogens is 232 g/mol. The number of nitro groups is 1. The van der Waals surface area contributed by atoms with Gasteiger partial charge in [0.15, 0.2) is 5.82 Å². The van der Waals surface area contributed by atoms with E-state index in [1.54, 1.807) is 12.4 Å². The maximum atomic E-state index is 10.6. The SMILES string of the molecule is O=[N+]([O-])/C=C(/NCc1cccnc1)N1CCCC1. The Hall–Kier alpha value is -2.11. The van der Waals surface area contributed by atoms with Crippen LogP contribution in [0, 0.1) is 10.1 Å². The Morgan fingerprint density at radius 2 is 2.33 bits per heavy atom. The van der Waals surface area contributed by atoms with Crippen LogP contribution in [0.4, 0.5) is 0 Å². The van der Waals surface area contributed by atoms with Crippen LogP contribution in [0.25, 0.3) is 0 Å². The largest absolute Gasteiger partial charge is 0.362 e. The number of hydrogen-bond acceptors (Lipinski definition) is 5. The number of hydrogen-bond donors (Lipinski definition) is 1. The lowest BCUT2D eigenvalue weighted by atomic mass is 10.3. The Balaban J connectivity index is 1.99. The second-order valence-electron chi connectivity index (χ2n) is 4.21. The zero-order chi connectivity index (χ0) is 12.8. The van der Waals surface area contributed by atoms with Gasteiger partial charge < -0.3 is 10.2 Å². The van der Waals surface area contributed by atoms with Crippen LogP contribution in [-0.4, -0.2) is 27.9 Å². The summed E-state index contributed by atoms with van der Waals surface area (Å²) in [5, 5.41) is 13.7. The smallest absolute Gasteiger partial charge is 0.274 e. The standard InChI is InChI=1S/C12H16N4O2/c17-16(18)10-12(15-6-1-2-7-15)14-9-11-4-3-5-13-8-11/h3-5,8,10,14H,1-2,6-7,9H2/b12-10-. The normalized spacial score (nSPS) is 15.8. The summed E-state index contributed by atoms with van der Waals surface area (Å²) in [5.41, 5.74) is 1.01.